The maximum Gasteiger partial charge on any atom is 0.416 e. The molecule has 1 aromatic heterocycles. The average molecular weight is 463 g/mol. The van der Waals surface area contributed by atoms with E-state index in [4.69, 9.17) is 5.11 Å². The number of alkyl halides is 3. The van der Waals surface area contributed by atoms with Crippen molar-refractivity contribution in [2.24, 2.45) is 0 Å². The number of carbonyl (C=O) groups is 2. The van der Waals surface area contributed by atoms with Crippen LogP contribution < -0.4 is 0 Å². The summed E-state index contributed by atoms with van der Waals surface area (Å²) in [6, 6.07) is 18.6. The summed E-state index contributed by atoms with van der Waals surface area (Å²) in [5, 5.41) is 8.93. The summed E-state index contributed by atoms with van der Waals surface area (Å²) in [5.41, 5.74) is 4.07. The van der Waals surface area contributed by atoms with E-state index in [1.54, 1.807) is 54.7 Å². The number of aliphatic carboxylic acids is 1. The number of hydrogen-bond acceptors (Lipinski definition) is 2. The number of ketones is 1. The molecule has 4 nitrogen and oxygen atoms in total. The van der Waals surface area contributed by atoms with Gasteiger partial charge in [-0.05, 0) is 46.9 Å². The average Bonchev–Trinajstić information content (AvgIpc) is 3.19. The van der Waals surface area contributed by atoms with Gasteiger partial charge < -0.3 is 10.1 Å². The molecule has 0 unspecified atom stereocenters. The van der Waals surface area contributed by atoms with E-state index in [9.17, 15) is 22.8 Å². The minimum absolute atomic E-state index is 0.0749. The van der Waals surface area contributed by atoms with Gasteiger partial charge in [0.1, 0.15) is 0 Å². The van der Waals surface area contributed by atoms with E-state index in [0.717, 1.165) is 29.0 Å². The molecule has 34 heavy (non-hydrogen) atoms. The Kier molecular flexibility index (Phi) is 6.11. The fourth-order valence-corrected chi connectivity index (χ4v) is 3.91. The predicted octanol–water partition coefficient (Wildman–Crippen LogP) is 6.53. The number of carboxylic acids is 1. The number of benzene rings is 3. The predicted molar refractivity (Wildman–Crippen MR) is 123 cm³/mol. The molecule has 0 aliphatic rings. The van der Waals surface area contributed by atoms with Crippen LogP contribution in [0.4, 0.5) is 13.2 Å². The highest BCUT2D eigenvalue weighted by Gasteiger charge is 2.30. The normalized spacial score (nSPS) is 11.4. The van der Waals surface area contributed by atoms with Crippen molar-refractivity contribution in [1.82, 2.24) is 4.98 Å². The van der Waals surface area contributed by atoms with Crippen molar-refractivity contribution in [3.05, 3.63) is 107 Å². The smallest absolute Gasteiger partial charge is 0.416 e. The summed E-state index contributed by atoms with van der Waals surface area (Å²) in [7, 11) is 0. The van der Waals surface area contributed by atoms with Crippen molar-refractivity contribution in [3.63, 3.8) is 0 Å². The second kappa shape index (κ2) is 9.02. The molecule has 172 valence electrons. The molecule has 2 N–H and O–H groups in total. The van der Waals surface area contributed by atoms with Crippen LogP contribution in [0.1, 0.15) is 32.6 Å². The lowest BCUT2D eigenvalue weighted by molar-refractivity contribution is -0.138. The third kappa shape index (κ3) is 4.64. The number of aromatic nitrogens is 1. The number of aromatic amines is 1. The van der Waals surface area contributed by atoms with Crippen LogP contribution in [0.2, 0.25) is 0 Å². The number of nitrogens with one attached hydrogen (secondary N) is 1. The standard InChI is InChI=1S/C27H20F3NO3/c1-16-23(15-31-25(16)19-8-6-17(7-9-19)14-24(32)33)26(34)22-5-3-2-4-21(22)18-10-12-20(13-11-18)27(28,29)30/h2-13,15,31H,14H2,1H3,(H,32,33). The lowest BCUT2D eigenvalue weighted by atomic mass is 9.92. The first-order valence-electron chi connectivity index (χ1n) is 10.5. The third-order valence-corrected chi connectivity index (χ3v) is 5.68. The Bertz CT molecular complexity index is 1350. The highest BCUT2D eigenvalue weighted by molar-refractivity contribution is 6.14. The number of carbonyl (C=O) groups excluding carboxylic acids is 1. The van der Waals surface area contributed by atoms with Crippen LogP contribution in [0, 0.1) is 6.92 Å². The van der Waals surface area contributed by atoms with E-state index in [2.05, 4.69) is 4.98 Å². The Balaban J connectivity index is 1.66. The van der Waals surface area contributed by atoms with Crippen molar-refractivity contribution in [3.8, 4) is 22.4 Å². The first kappa shape index (κ1) is 23.0. The zero-order chi connectivity index (χ0) is 24.5. The topological polar surface area (TPSA) is 70.2 Å². The molecule has 7 heteroatoms. The van der Waals surface area contributed by atoms with Crippen LogP contribution in [0.3, 0.4) is 0 Å². The number of halogens is 3. The Hall–Kier alpha value is -4.13. The third-order valence-electron chi connectivity index (χ3n) is 5.68. The van der Waals surface area contributed by atoms with Crippen LogP contribution in [0.5, 0.6) is 0 Å². The molecule has 0 atom stereocenters. The van der Waals surface area contributed by atoms with E-state index in [0.29, 0.717) is 27.8 Å². The summed E-state index contributed by atoms with van der Waals surface area (Å²) in [4.78, 5) is 27.5. The van der Waals surface area contributed by atoms with Gasteiger partial charge in [-0.15, -0.1) is 0 Å². The minimum atomic E-state index is -4.43. The Morgan fingerprint density at radius 2 is 1.47 bits per heavy atom. The molecule has 3 aromatic carbocycles. The van der Waals surface area contributed by atoms with Gasteiger partial charge in [-0.3, -0.25) is 9.59 Å². The molecule has 0 saturated heterocycles. The lowest BCUT2D eigenvalue weighted by Gasteiger charge is -2.11. The van der Waals surface area contributed by atoms with Gasteiger partial charge in [0.05, 0.1) is 12.0 Å². The second-order valence-electron chi connectivity index (χ2n) is 7.92. The van der Waals surface area contributed by atoms with Gasteiger partial charge in [-0.1, -0.05) is 60.7 Å². The zero-order valence-electron chi connectivity index (χ0n) is 18.1. The summed E-state index contributed by atoms with van der Waals surface area (Å²) >= 11 is 0. The van der Waals surface area contributed by atoms with Gasteiger partial charge in [-0.2, -0.15) is 13.2 Å². The van der Waals surface area contributed by atoms with Crippen LogP contribution in [0.25, 0.3) is 22.4 Å². The summed E-state index contributed by atoms with van der Waals surface area (Å²) in [5.74, 6) is -1.17. The summed E-state index contributed by atoms with van der Waals surface area (Å²) in [6.45, 7) is 1.81. The van der Waals surface area contributed by atoms with Gasteiger partial charge >= 0.3 is 12.1 Å². The van der Waals surface area contributed by atoms with Gasteiger partial charge in [-0.25, -0.2) is 0 Å². The molecule has 0 bridgehead atoms. The Morgan fingerprint density at radius 1 is 0.853 bits per heavy atom. The lowest BCUT2D eigenvalue weighted by Crippen LogP contribution is -2.05. The highest BCUT2D eigenvalue weighted by Crippen LogP contribution is 2.33. The number of hydrogen-bond donors (Lipinski definition) is 2. The molecule has 0 radical (unpaired) electrons. The highest BCUT2D eigenvalue weighted by atomic mass is 19.4. The molecule has 0 aliphatic carbocycles. The Labute approximate surface area is 193 Å². The van der Waals surface area contributed by atoms with E-state index in [1.165, 1.54) is 12.1 Å². The zero-order valence-corrected chi connectivity index (χ0v) is 18.1. The van der Waals surface area contributed by atoms with Gasteiger partial charge in [0.2, 0.25) is 0 Å². The van der Waals surface area contributed by atoms with Gasteiger partial charge in [0, 0.05) is 23.0 Å². The van der Waals surface area contributed by atoms with Crippen molar-refractivity contribution in [1.29, 1.82) is 0 Å². The monoisotopic (exact) mass is 463 g/mol. The first-order chi connectivity index (χ1) is 16.1. The number of H-pyrrole nitrogens is 1. The van der Waals surface area contributed by atoms with Gasteiger partial charge in [0.25, 0.3) is 0 Å². The van der Waals surface area contributed by atoms with Crippen LogP contribution in [-0.2, 0) is 17.4 Å². The fourth-order valence-electron chi connectivity index (χ4n) is 3.91. The molecule has 0 aliphatic heterocycles. The van der Waals surface area contributed by atoms with Crippen molar-refractivity contribution in [2.75, 3.05) is 0 Å². The van der Waals surface area contributed by atoms with E-state index in [-0.39, 0.29) is 12.2 Å². The SMILES string of the molecule is Cc1c(C(=O)c2ccccc2-c2ccc(C(F)(F)F)cc2)c[nH]c1-c1ccc(CC(=O)O)cc1. The first-order valence-corrected chi connectivity index (χ1v) is 10.5. The molecule has 4 rings (SSSR count). The molecule has 0 amide bonds. The largest absolute Gasteiger partial charge is 0.481 e. The summed E-state index contributed by atoms with van der Waals surface area (Å²) in [6.07, 6.45) is -2.89. The molecular formula is C27H20F3NO3. The van der Waals surface area contributed by atoms with Crippen molar-refractivity contribution < 1.29 is 27.9 Å². The Morgan fingerprint density at radius 3 is 2.09 bits per heavy atom. The quantitative estimate of drug-likeness (QED) is 0.319. The van der Waals surface area contributed by atoms with Crippen LogP contribution >= 0.6 is 0 Å². The maximum absolute atomic E-state index is 13.4. The minimum Gasteiger partial charge on any atom is -0.481 e. The maximum atomic E-state index is 13.4. The van der Waals surface area contributed by atoms with Crippen molar-refractivity contribution in [2.45, 2.75) is 19.5 Å². The molecule has 4 aromatic rings. The molecular weight excluding hydrogens is 443 g/mol. The molecule has 0 fully saturated rings. The second-order valence-corrected chi connectivity index (χ2v) is 7.92. The summed E-state index contributed by atoms with van der Waals surface area (Å²) < 4.78 is 38.8. The van der Waals surface area contributed by atoms with E-state index >= 15 is 0 Å². The number of carboxylic acid groups (broad SMARTS) is 1. The fraction of sp³-hybridized carbons (Fsp3) is 0.111. The number of rotatable bonds is 6. The van der Waals surface area contributed by atoms with Crippen LogP contribution in [0.15, 0.2) is 79.0 Å². The van der Waals surface area contributed by atoms with Gasteiger partial charge in [0.15, 0.2) is 5.78 Å². The van der Waals surface area contributed by atoms with E-state index < -0.39 is 17.7 Å². The molecule has 1 heterocycles. The molecule has 0 spiro atoms. The van der Waals surface area contributed by atoms with Crippen molar-refractivity contribution >= 4 is 11.8 Å². The van der Waals surface area contributed by atoms with E-state index in [1.807, 2.05) is 6.92 Å². The van der Waals surface area contributed by atoms with Crippen LogP contribution in [-0.4, -0.2) is 21.8 Å². The molecule has 0 saturated carbocycles.